The molecule has 3 heteroatoms. The molecular formula is C14H19NO2. The van der Waals surface area contributed by atoms with Crippen molar-refractivity contribution in [2.75, 3.05) is 11.9 Å². The van der Waals surface area contributed by atoms with Gasteiger partial charge in [0.2, 0.25) is 0 Å². The highest BCUT2D eigenvalue weighted by molar-refractivity contribution is 5.79. The Kier molecular flexibility index (Phi) is 5.27. The second-order valence-electron chi connectivity index (χ2n) is 4.42. The first-order chi connectivity index (χ1) is 8.08. The minimum Gasteiger partial charge on any atom is -0.478 e. The summed E-state index contributed by atoms with van der Waals surface area (Å²) in [5.41, 5.74) is 2.33. The molecule has 1 aromatic rings. The highest BCUT2D eigenvalue weighted by Gasteiger charge is 1.97. The van der Waals surface area contributed by atoms with Crippen molar-refractivity contribution in [1.82, 2.24) is 0 Å². The Labute approximate surface area is 102 Å². The molecule has 0 spiro atoms. The predicted molar refractivity (Wildman–Crippen MR) is 70.2 cm³/mol. The highest BCUT2D eigenvalue weighted by atomic mass is 16.4. The largest absolute Gasteiger partial charge is 0.478 e. The number of carbonyl (C=O) groups is 1. The molecule has 2 N–H and O–H groups in total. The van der Waals surface area contributed by atoms with Crippen LogP contribution in [0.2, 0.25) is 0 Å². The summed E-state index contributed by atoms with van der Waals surface area (Å²) in [6, 6.07) is 8.24. The van der Waals surface area contributed by atoms with Gasteiger partial charge >= 0.3 is 5.97 Å². The van der Waals surface area contributed by atoms with E-state index in [2.05, 4.69) is 31.3 Å². The molecule has 0 radical (unpaired) electrons. The zero-order valence-electron chi connectivity index (χ0n) is 10.3. The van der Waals surface area contributed by atoms with Gasteiger partial charge in [0.25, 0.3) is 0 Å². The third kappa shape index (κ3) is 5.76. The van der Waals surface area contributed by atoms with E-state index in [4.69, 9.17) is 5.11 Å². The quantitative estimate of drug-likeness (QED) is 0.743. The number of aliphatic carboxylic acids is 1. The van der Waals surface area contributed by atoms with E-state index in [0.29, 0.717) is 12.5 Å². The SMILES string of the molecule is CC(C)Cc1ccc(NC/C=C/C(=O)O)cc1. The summed E-state index contributed by atoms with van der Waals surface area (Å²) < 4.78 is 0. The number of nitrogens with one attached hydrogen (secondary N) is 1. The van der Waals surface area contributed by atoms with Gasteiger partial charge in [-0.15, -0.1) is 0 Å². The Balaban J connectivity index is 2.43. The summed E-state index contributed by atoms with van der Waals surface area (Å²) in [5, 5.41) is 11.5. The second kappa shape index (κ2) is 6.74. The first-order valence-corrected chi connectivity index (χ1v) is 5.80. The summed E-state index contributed by atoms with van der Waals surface area (Å²) in [4.78, 5) is 10.2. The van der Waals surface area contributed by atoms with Crippen molar-refractivity contribution < 1.29 is 9.90 Å². The van der Waals surface area contributed by atoms with Crippen LogP contribution in [-0.4, -0.2) is 17.6 Å². The van der Waals surface area contributed by atoms with Crippen LogP contribution in [0.4, 0.5) is 5.69 Å². The molecule has 0 saturated heterocycles. The molecule has 1 aromatic carbocycles. The molecule has 3 nitrogen and oxygen atoms in total. The minimum absolute atomic E-state index is 0.524. The fraction of sp³-hybridized carbons (Fsp3) is 0.357. The van der Waals surface area contributed by atoms with Crippen LogP contribution in [0.5, 0.6) is 0 Å². The van der Waals surface area contributed by atoms with Gasteiger partial charge in [0, 0.05) is 18.3 Å². The summed E-state index contributed by atoms with van der Waals surface area (Å²) in [5.74, 6) is -0.258. The zero-order chi connectivity index (χ0) is 12.7. The van der Waals surface area contributed by atoms with Crippen molar-refractivity contribution in [3.8, 4) is 0 Å². The Hall–Kier alpha value is -1.77. The van der Waals surface area contributed by atoms with Crippen LogP contribution in [-0.2, 0) is 11.2 Å². The van der Waals surface area contributed by atoms with Gasteiger partial charge in [-0.2, -0.15) is 0 Å². The lowest BCUT2D eigenvalue weighted by atomic mass is 10.0. The molecule has 0 bridgehead atoms. The number of benzene rings is 1. The number of carboxylic acids is 1. The van der Waals surface area contributed by atoms with Crippen LogP contribution in [0.3, 0.4) is 0 Å². The smallest absolute Gasteiger partial charge is 0.328 e. The van der Waals surface area contributed by atoms with Crippen molar-refractivity contribution >= 4 is 11.7 Å². The summed E-state index contributed by atoms with van der Waals surface area (Å²) >= 11 is 0. The molecule has 0 aliphatic rings. The number of hydrogen-bond donors (Lipinski definition) is 2. The third-order valence-corrected chi connectivity index (χ3v) is 2.28. The fourth-order valence-electron chi connectivity index (χ4n) is 1.57. The van der Waals surface area contributed by atoms with Gasteiger partial charge in [-0.05, 0) is 30.0 Å². The maximum atomic E-state index is 10.2. The van der Waals surface area contributed by atoms with E-state index in [1.54, 1.807) is 6.08 Å². The molecule has 0 saturated carbocycles. The van der Waals surface area contributed by atoms with E-state index >= 15 is 0 Å². The Morgan fingerprint density at radius 1 is 1.35 bits per heavy atom. The number of anilines is 1. The highest BCUT2D eigenvalue weighted by Crippen LogP contribution is 2.12. The number of carboxylic acid groups (broad SMARTS) is 1. The molecule has 0 atom stereocenters. The second-order valence-corrected chi connectivity index (χ2v) is 4.42. The van der Waals surface area contributed by atoms with Gasteiger partial charge < -0.3 is 10.4 Å². The first-order valence-electron chi connectivity index (χ1n) is 5.80. The first kappa shape index (κ1) is 13.3. The normalized spacial score (nSPS) is 11.0. The molecule has 0 aliphatic carbocycles. The Morgan fingerprint density at radius 2 is 2.00 bits per heavy atom. The third-order valence-electron chi connectivity index (χ3n) is 2.28. The average molecular weight is 233 g/mol. The molecule has 0 unspecified atom stereocenters. The lowest BCUT2D eigenvalue weighted by Gasteiger charge is -2.07. The predicted octanol–water partition coefficient (Wildman–Crippen LogP) is 2.94. The van der Waals surface area contributed by atoms with Crippen LogP contribution in [0.1, 0.15) is 19.4 Å². The van der Waals surface area contributed by atoms with Gasteiger partial charge in [0.1, 0.15) is 0 Å². The molecule has 17 heavy (non-hydrogen) atoms. The van der Waals surface area contributed by atoms with Gasteiger partial charge in [0.05, 0.1) is 0 Å². The van der Waals surface area contributed by atoms with Gasteiger partial charge in [-0.3, -0.25) is 0 Å². The van der Waals surface area contributed by atoms with E-state index < -0.39 is 5.97 Å². The molecule has 92 valence electrons. The topological polar surface area (TPSA) is 49.3 Å². The minimum atomic E-state index is -0.918. The van der Waals surface area contributed by atoms with Crippen molar-refractivity contribution in [2.45, 2.75) is 20.3 Å². The van der Waals surface area contributed by atoms with Crippen LogP contribution in [0, 0.1) is 5.92 Å². The molecule has 0 aliphatic heterocycles. The van der Waals surface area contributed by atoms with E-state index in [1.165, 1.54) is 5.56 Å². The van der Waals surface area contributed by atoms with Crippen LogP contribution >= 0.6 is 0 Å². The maximum Gasteiger partial charge on any atom is 0.328 e. The van der Waals surface area contributed by atoms with E-state index in [0.717, 1.165) is 18.2 Å². The van der Waals surface area contributed by atoms with Crippen molar-refractivity contribution in [2.24, 2.45) is 5.92 Å². The zero-order valence-corrected chi connectivity index (χ0v) is 10.3. The van der Waals surface area contributed by atoms with Crippen molar-refractivity contribution in [3.63, 3.8) is 0 Å². The van der Waals surface area contributed by atoms with Gasteiger partial charge in [0.15, 0.2) is 0 Å². The molecule has 0 fully saturated rings. The Morgan fingerprint density at radius 3 is 2.53 bits per heavy atom. The lowest BCUT2D eigenvalue weighted by Crippen LogP contribution is -2.00. The lowest BCUT2D eigenvalue weighted by molar-refractivity contribution is -0.131. The number of rotatable bonds is 6. The van der Waals surface area contributed by atoms with E-state index in [9.17, 15) is 4.79 Å². The van der Waals surface area contributed by atoms with E-state index in [-0.39, 0.29) is 0 Å². The summed E-state index contributed by atoms with van der Waals surface area (Å²) in [7, 11) is 0. The standard InChI is InChI=1S/C14H19NO2/c1-11(2)10-12-5-7-13(8-6-12)15-9-3-4-14(16)17/h3-8,11,15H,9-10H2,1-2H3,(H,16,17)/b4-3+. The summed E-state index contributed by atoms with van der Waals surface area (Å²) in [6.07, 6.45) is 3.81. The Bertz CT molecular complexity index is 380. The van der Waals surface area contributed by atoms with Crippen LogP contribution < -0.4 is 5.32 Å². The van der Waals surface area contributed by atoms with Gasteiger partial charge in [-0.1, -0.05) is 32.1 Å². The van der Waals surface area contributed by atoms with E-state index in [1.807, 2.05) is 12.1 Å². The molecule has 0 amide bonds. The van der Waals surface area contributed by atoms with Crippen molar-refractivity contribution in [1.29, 1.82) is 0 Å². The molecule has 0 aromatic heterocycles. The van der Waals surface area contributed by atoms with Crippen LogP contribution in [0.15, 0.2) is 36.4 Å². The van der Waals surface area contributed by atoms with Crippen LogP contribution in [0.25, 0.3) is 0 Å². The monoisotopic (exact) mass is 233 g/mol. The number of hydrogen-bond acceptors (Lipinski definition) is 2. The van der Waals surface area contributed by atoms with Gasteiger partial charge in [-0.25, -0.2) is 4.79 Å². The molecule has 0 heterocycles. The average Bonchev–Trinajstić information content (AvgIpc) is 2.25. The fourth-order valence-corrected chi connectivity index (χ4v) is 1.57. The molecular weight excluding hydrogens is 214 g/mol. The van der Waals surface area contributed by atoms with Crippen molar-refractivity contribution in [3.05, 3.63) is 42.0 Å². The summed E-state index contributed by atoms with van der Waals surface area (Å²) in [6.45, 7) is 4.92. The molecule has 1 rings (SSSR count). The maximum absolute atomic E-state index is 10.2.